The maximum Gasteiger partial charge on any atom is 0.407 e. The quantitative estimate of drug-likeness (QED) is 0.0336. The predicted octanol–water partition coefficient (Wildman–Crippen LogP) is 15.2. The van der Waals surface area contributed by atoms with Gasteiger partial charge < -0.3 is 48.6 Å². The van der Waals surface area contributed by atoms with Gasteiger partial charge in [-0.15, -0.1) is 0 Å². The fourth-order valence-electron chi connectivity index (χ4n) is 9.73. The molecule has 0 radical (unpaired) electrons. The van der Waals surface area contributed by atoms with Gasteiger partial charge >= 0.3 is 12.2 Å². The number of benzene rings is 6. The summed E-state index contributed by atoms with van der Waals surface area (Å²) in [6, 6.07) is 46.5. The molecule has 12 aromatic rings. The van der Waals surface area contributed by atoms with Crippen LogP contribution in [-0.2, 0) is 63.4 Å². The average Bonchev–Trinajstić information content (AvgIpc) is 1.62. The van der Waals surface area contributed by atoms with Gasteiger partial charge in [-0.2, -0.15) is 0 Å². The van der Waals surface area contributed by atoms with Gasteiger partial charge in [0.25, 0.3) is 20.0 Å². The van der Waals surface area contributed by atoms with E-state index in [1.54, 1.807) is 91.1 Å². The molecule has 0 saturated heterocycles. The predicted molar refractivity (Wildman–Crippen MR) is 366 cm³/mol. The number of nitrogen functional groups attached to an aromatic ring is 1. The molecule has 6 aromatic heterocycles. The molecule has 0 spiro atoms. The molecule has 26 heteroatoms. The molecule has 6 aromatic carbocycles. The Kier molecular flexibility index (Phi) is 22.2. The van der Waals surface area contributed by atoms with Crippen molar-refractivity contribution in [2.45, 2.75) is 75.4 Å². The van der Waals surface area contributed by atoms with Gasteiger partial charge in [0.15, 0.2) is 0 Å². The number of carbonyl (C=O) groups excluding carboxylic acids is 2. The summed E-state index contributed by atoms with van der Waals surface area (Å²) < 4.78 is 66.4. The van der Waals surface area contributed by atoms with Gasteiger partial charge in [-0.25, -0.2) is 54.3 Å². The minimum atomic E-state index is -3.88. The summed E-state index contributed by atoms with van der Waals surface area (Å²) >= 11 is 18.7. The fourth-order valence-corrected chi connectivity index (χ4v) is 13.0. The number of para-hydroxylation sites is 2. The average molecular weight is 1520 g/mol. The zero-order valence-corrected chi connectivity index (χ0v) is 58.4. The van der Waals surface area contributed by atoms with Gasteiger partial charge in [-0.05, 0) is 137 Å². The van der Waals surface area contributed by atoms with Gasteiger partial charge in [-0.1, -0.05) is 108 Å². The zero-order chi connectivity index (χ0) is 64.8. The third-order valence-electron chi connectivity index (χ3n) is 13.7. The molecular weight excluding hydrogens is 1460 g/mol. The fraction of sp³-hybridized carbons (Fsp3) is 0.179. The molecule has 0 aliphatic heterocycles. The molecule has 7 N–H and O–H groups in total. The van der Waals surface area contributed by atoms with Crippen LogP contribution in [0.25, 0.3) is 66.1 Å². The van der Waals surface area contributed by atoms with Crippen molar-refractivity contribution in [1.29, 1.82) is 0 Å². The Morgan fingerprint density at radius 3 is 1.47 bits per heavy atom. The zero-order valence-electron chi connectivity index (χ0n) is 51.5. The number of hydrogen-bond donors (Lipinski definition) is 6. The first-order valence-electron chi connectivity index (χ1n) is 28.5. The Balaban J connectivity index is 0.000000196. The molecular formula is C67H66Cl3N12O8S2W-. The number of amides is 2. The molecule has 0 atom stereocenters. The summed E-state index contributed by atoms with van der Waals surface area (Å²) in [5.74, 6) is 0.296. The van der Waals surface area contributed by atoms with Crippen LogP contribution in [0.2, 0.25) is 15.3 Å². The first kappa shape index (κ1) is 70.1. The summed E-state index contributed by atoms with van der Waals surface area (Å²) in [6.45, 7) is 11.9. The first-order valence-corrected chi connectivity index (χ1v) is 32.5. The van der Waals surface area contributed by atoms with Gasteiger partial charge in [0.2, 0.25) is 11.2 Å². The van der Waals surface area contributed by atoms with Crippen LogP contribution >= 0.6 is 34.8 Å². The summed E-state index contributed by atoms with van der Waals surface area (Å²) in [4.78, 5) is 47.6. The van der Waals surface area contributed by atoms with Crippen LogP contribution in [0.5, 0.6) is 0 Å². The van der Waals surface area contributed by atoms with Crippen LogP contribution in [0.15, 0.2) is 192 Å². The summed E-state index contributed by atoms with van der Waals surface area (Å²) in [7, 11) is -7.66. The number of rotatable bonds is 14. The number of aromatic nitrogens is 8. The van der Waals surface area contributed by atoms with Crippen molar-refractivity contribution >= 4 is 128 Å². The van der Waals surface area contributed by atoms with Crippen LogP contribution in [0.4, 0.5) is 26.9 Å². The third-order valence-corrected chi connectivity index (χ3v) is 17.8. The topological polar surface area (TPSA) is 276 Å². The van der Waals surface area contributed by atoms with E-state index in [1.165, 1.54) is 26.5 Å². The van der Waals surface area contributed by atoms with Crippen molar-refractivity contribution in [2.75, 3.05) is 24.1 Å². The normalized spacial score (nSPS) is 11.6. The Hall–Kier alpha value is -8.76. The first-order chi connectivity index (χ1) is 43.3. The minimum absolute atomic E-state index is 0. The minimum Gasteiger partial charge on any atom is -0.444 e. The van der Waals surface area contributed by atoms with Gasteiger partial charge in [-0.3, -0.25) is 0 Å². The molecule has 0 fully saturated rings. The number of halogens is 3. The van der Waals surface area contributed by atoms with Gasteiger partial charge in [0, 0.05) is 115 Å². The molecule has 0 aliphatic carbocycles. The van der Waals surface area contributed by atoms with Crippen LogP contribution in [0, 0.1) is 7.43 Å². The number of carbonyl (C=O) groups is 2. The van der Waals surface area contributed by atoms with Crippen molar-refractivity contribution in [2.24, 2.45) is 0 Å². The van der Waals surface area contributed by atoms with E-state index >= 15 is 0 Å². The van der Waals surface area contributed by atoms with E-state index in [2.05, 4.69) is 46.9 Å². The number of aromatic amines is 2. The molecule has 0 bridgehead atoms. The number of hydrogen-bond acceptors (Lipinski definition) is 14. The molecule has 0 unspecified atom stereocenters. The van der Waals surface area contributed by atoms with Crippen molar-refractivity contribution in [3.63, 3.8) is 0 Å². The van der Waals surface area contributed by atoms with E-state index in [1.807, 2.05) is 108 Å². The Labute approximate surface area is 568 Å². The second-order valence-electron chi connectivity index (χ2n) is 22.8. The number of anilines is 3. The summed E-state index contributed by atoms with van der Waals surface area (Å²) in [5.41, 5.74) is 13.1. The van der Waals surface area contributed by atoms with Gasteiger partial charge in [0.05, 0.1) is 54.7 Å². The van der Waals surface area contributed by atoms with Crippen molar-refractivity contribution in [3.8, 4) is 22.5 Å². The third kappa shape index (κ3) is 17.1. The molecule has 12 rings (SSSR count). The standard InChI is InChI=1S/C33H31ClN6O4S.C18H11Cl2N3O2S.C15H21N3O2.CH3.W/c1-33(2,3)44-32(41)35-16-15-23-17-21-13-14-22(18-28(21)37-23)38-31-36-19-27(34)30(39-31)26-20-40(29-12-8-7-11-25(26)29)45(42,43)24-9-5-4-6-10-24;19-15-10-21-18(20)22-17(15)14-11-23(16-9-5-4-8-13(14)16)26(24,25)12-6-2-1-3-7-12;1-15(2,3)20-14(19)17-7-6-12-8-10-4-5-11(16)9-13(10)18-12;;/h4-14,17-20,37H,15-16H2,1-3H3,(H,35,41)(H,36,38,39);1-11H;4-5,8-9,18H,6-7,16H2,1-3H3,(H,17,19);1H3;/q;;;-1;. The second kappa shape index (κ2) is 29.5. The van der Waals surface area contributed by atoms with Crippen LogP contribution in [-0.4, -0.2) is 91.2 Å². The largest absolute Gasteiger partial charge is 0.444 e. The van der Waals surface area contributed by atoms with Crippen LogP contribution < -0.4 is 21.7 Å². The van der Waals surface area contributed by atoms with E-state index in [9.17, 15) is 26.4 Å². The molecule has 6 heterocycles. The van der Waals surface area contributed by atoms with Crippen molar-refractivity contribution in [3.05, 3.63) is 217 Å². The number of nitrogens with one attached hydrogen (secondary N) is 5. The van der Waals surface area contributed by atoms with E-state index in [0.29, 0.717) is 76.2 Å². The van der Waals surface area contributed by atoms with Crippen molar-refractivity contribution < 1.29 is 57.0 Å². The van der Waals surface area contributed by atoms with E-state index in [-0.39, 0.29) is 53.6 Å². The number of nitrogens with two attached hydrogens (primary N) is 1. The maximum absolute atomic E-state index is 13.6. The number of H-pyrrole nitrogens is 2. The molecule has 20 nitrogen and oxygen atoms in total. The van der Waals surface area contributed by atoms with Crippen molar-refractivity contribution in [1.82, 2.24) is 48.5 Å². The number of fused-ring (bicyclic) bond motifs is 4. The van der Waals surface area contributed by atoms with E-state index < -0.39 is 43.4 Å². The Morgan fingerprint density at radius 2 is 0.989 bits per heavy atom. The van der Waals surface area contributed by atoms with Crippen LogP contribution in [0.1, 0.15) is 52.9 Å². The molecule has 0 saturated carbocycles. The van der Waals surface area contributed by atoms with Gasteiger partial charge in [0.1, 0.15) is 11.2 Å². The Morgan fingerprint density at radius 1 is 0.559 bits per heavy atom. The molecule has 2 amide bonds. The monoisotopic (exact) mass is 1520 g/mol. The SMILES string of the molecule is CC(C)(C)OC(=O)NCCc1cc2ccc(N)cc2[nH]1.CC(C)(C)OC(=O)NCCc1cc2ccc(Nc3ncc(Cl)c(-c4cn(S(=O)(=O)c5ccccc5)c5ccccc45)n3)cc2[nH]1.O=S(=O)(c1ccccc1)n1cc(-c2nc(Cl)ncc2Cl)c2ccccc21.[CH3-].[W]. The maximum atomic E-state index is 13.6. The molecule has 482 valence electrons. The number of nitrogens with zero attached hydrogens (tertiary/aromatic N) is 6. The summed E-state index contributed by atoms with van der Waals surface area (Å²) in [6.07, 6.45) is 6.43. The van der Waals surface area contributed by atoms with E-state index in [0.717, 1.165) is 44.6 Å². The smallest absolute Gasteiger partial charge is 0.407 e. The number of alkyl carbamates (subject to hydrolysis) is 2. The van der Waals surface area contributed by atoms with E-state index in [4.69, 9.17) is 55.0 Å². The second-order valence-corrected chi connectivity index (χ2v) is 27.6. The molecule has 93 heavy (non-hydrogen) atoms. The number of ether oxygens (including phenoxy) is 2. The Bertz CT molecular complexity index is 4880. The van der Waals surface area contributed by atoms with Crippen LogP contribution in [0.3, 0.4) is 0 Å². The molecule has 0 aliphatic rings. The summed E-state index contributed by atoms with van der Waals surface area (Å²) in [5, 5.41) is 12.9.